The van der Waals surface area contributed by atoms with E-state index >= 15 is 0 Å². The van der Waals surface area contributed by atoms with Crippen molar-refractivity contribution in [2.75, 3.05) is 23.9 Å². The van der Waals surface area contributed by atoms with Gasteiger partial charge < -0.3 is 15.0 Å². The van der Waals surface area contributed by atoms with Crippen LogP contribution in [0.5, 0.6) is 5.75 Å². The molecule has 0 aliphatic rings. The number of hydrogen-bond acceptors (Lipinski definition) is 3. The van der Waals surface area contributed by atoms with E-state index in [1.165, 1.54) is 7.11 Å². The summed E-state index contributed by atoms with van der Waals surface area (Å²) in [5.74, 6) is -0.220. The van der Waals surface area contributed by atoms with Gasteiger partial charge in [-0.2, -0.15) is 0 Å². The second-order valence-corrected chi connectivity index (χ2v) is 5.91. The van der Waals surface area contributed by atoms with Crippen LogP contribution < -0.4 is 15.0 Å². The zero-order chi connectivity index (χ0) is 18.4. The number of rotatable bonds is 6. The van der Waals surface area contributed by atoms with Crippen LogP contribution >= 0.6 is 11.6 Å². The van der Waals surface area contributed by atoms with Gasteiger partial charge in [-0.3, -0.25) is 9.59 Å². The molecule has 6 heteroatoms. The molecule has 0 atom stereocenters. The smallest absolute Gasteiger partial charge is 0.236 e. The Morgan fingerprint density at radius 2 is 1.88 bits per heavy atom. The van der Waals surface area contributed by atoms with E-state index in [1.807, 2.05) is 44.2 Å². The largest absolute Gasteiger partial charge is 0.495 e. The van der Waals surface area contributed by atoms with E-state index in [4.69, 9.17) is 16.3 Å². The molecule has 0 radical (unpaired) electrons. The Balaban J connectivity index is 2.09. The molecule has 0 bridgehead atoms. The summed E-state index contributed by atoms with van der Waals surface area (Å²) >= 11 is 6.06. The summed E-state index contributed by atoms with van der Waals surface area (Å²) in [5.41, 5.74) is 2.07. The number of methoxy groups -OCH3 is 1. The lowest BCUT2D eigenvalue weighted by Gasteiger charge is -2.21. The quantitative estimate of drug-likeness (QED) is 0.791. The molecular weight excluding hydrogens is 340 g/mol. The fourth-order valence-corrected chi connectivity index (χ4v) is 2.62. The van der Waals surface area contributed by atoms with Crippen molar-refractivity contribution in [3.8, 4) is 5.75 Å². The Hall–Kier alpha value is -2.53. The second kappa shape index (κ2) is 8.53. The molecule has 0 aromatic heterocycles. The summed E-state index contributed by atoms with van der Waals surface area (Å²) in [6, 6.07) is 12.6. The lowest BCUT2D eigenvalue weighted by atomic mass is 10.2. The van der Waals surface area contributed by atoms with Gasteiger partial charge in [0.25, 0.3) is 0 Å². The first-order valence-corrected chi connectivity index (χ1v) is 8.33. The van der Waals surface area contributed by atoms with Gasteiger partial charge in [0, 0.05) is 23.3 Å². The van der Waals surface area contributed by atoms with E-state index in [0.29, 0.717) is 23.0 Å². The molecule has 2 aromatic rings. The summed E-state index contributed by atoms with van der Waals surface area (Å²) in [7, 11) is 1.50. The first-order valence-electron chi connectivity index (χ1n) is 7.95. The van der Waals surface area contributed by atoms with Crippen LogP contribution in [0.15, 0.2) is 42.5 Å². The minimum atomic E-state index is -0.403. The zero-order valence-corrected chi connectivity index (χ0v) is 15.3. The standard InChI is InChI=1S/C19H21ClN2O3/c1-4-22(14-8-6-5-7-9-14)19(24)12-18(23)21-16-10-13(2)15(20)11-17(16)25-3/h5-11H,4,12H2,1-3H3,(H,21,23). The van der Waals surface area contributed by atoms with E-state index in [0.717, 1.165) is 11.3 Å². The highest BCUT2D eigenvalue weighted by atomic mass is 35.5. The number of hydrogen-bond donors (Lipinski definition) is 1. The van der Waals surface area contributed by atoms with Gasteiger partial charge in [0.15, 0.2) is 0 Å². The van der Waals surface area contributed by atoms with Crippen molar-refractivity contribution in [2.24, 2.45) is 0 Å². The Labute approximate surface area is 152 Å². The first kappa shape index (κ1) is 18.8. The van der Waals surface area contributed by atoms with E-state index in [-0.39, 0.29) is 12.3 Å². The van der Waals surface area contributed by atoms with Crippen LogP contribution in [0.1, 0.15) is 18.9 Å². The van der Waals surface area contributed by atoms with Gasteiger partial charge in [-0.25, -0.2) is 0 Å². The van der Waals surface area contributed by atoms with Gasteiger partial charge in [0.2, 0.25) is 11.8 Å². The van der Waals surface area contributed by atoms with Gasteiger partial charge in [-0.15, -0.1) is 0 Å². The third-order valence-corrected chi connectivity index (χ3v) is 4.16. The maximum absolute atomic E-state index is 12.5. The number of amides is 2. The molecule has 1 N–H and O–H groups in total. The van der Waals surface area contributed by atoms with Crippen molar-refractivity contribution >= 4 is 34.8 Å². The molecule has 0 unspecified atom stereocenters. The lowest BCUT2D eigenvalue weighted by Crippen LogP contribution is -2.33. The predicted octanol–water partition coefficient (Wildman–Crippen LogP) is 4.04. The fourth-order valence-electron chi connectivity index (χ4n) is 2.47. The average molecular weight is 361 g/mol. The van der Waals surface area contributed by atoms with Crippen molar-refractivity contribution < 1.29 is 14.3 Å². The minimum Gasteiger partial charge on any atom is -0.495 e. The topological polar surface area (TPSA) is 58.6 Å². The van der Waals surface area contributed by atoms with Gasteiger partial charge in [-0.1, -0.05) is 29.8 Å². The number of carbonyl (C=O) groups excluding carboxylic acids is 2. The van der Waals surface area contributed by atoms with E-state index < -0.39 is 5.91 Å². The molecule has 0 saturated carbocycles. The number of carbonyl (C=O) groups is 2. The molecule has 0 heterocycles. The van der Waals surface area contributed by atoms with Gasteiger partial charge in [0.05, 0.1) is 12.8 Å². The number of anilines is 2. The Kier molecular flexibility index (Phi) is 6.42. The maximum atomic E-state index is 12.5. The number of aryl methyl sites for hydroxylation is 1. The van der Waals surface area contributed by atoms with Crippen molar-refractivity contribution in [3.05, 3.63) is 53.1 Å². The number of nitrogens with one attached hydrogen (secondary N) is 1. The van der Waals surface area contributed by atoms with E-state index in [1.54, 1.807) is 17.0 Å². The highest BCUT2D eigenvalue weighted by Gasteiger charge is 2.18. The Morgan fingerprint density at radius 1 is 1.20 bits per heavy atom. The highest BCUT2D eigenvalue weighted by molar-refractivity contribution is 6.31. The van der Waals surface area contributed by atoms with Gasteiger partial charge in [0.1, 0.15) is 12.2 Å². The maximum Gasteiger partial charge on any atom is 0.236 e. The lowest BCUT2D eigenvalue weighted by molar-refractivity contribution is -0.125. The molecule has 2 rings (SSSR count). The van der Waals surface area contributed by atoms with Gasteiger partial charge in [-0.05, 0) is 37.6 Å². The van der Waals surface area contributed by atoms with Crippen LogP contribution in [0.3, 0.4) is 0 Å². The molecule has 0 fully saturated rings. The molecule has 0 aliphatic carbocycles. The van der Waals surface area contributed by atoms with E-state index in [9.17, 15) is 9.59 Å². The molecular formula is C19H21ClN2O3. The summed E-state index contributed by atoms with van der Waals surface area (Å²) < 4.78 is 5.23. The minimum absolute atomic E-state index is 0.256. The average Bonchev–Trinajstić information content (AvgIpc) is 2.59. The van der Waals surface area contributed by atoms with Crippen molar-refractivity contribution in [1.82, 2.24) is 0 Å². The monoisotopic (exact) mass is 360 g/mol. The van der Waals surface area contributed by atoms with Crippen molar-refractivity contribution in [3.63, 3.8) is 0 Å². The Bertz CT molecular complexity index is 763. The number of ether oxygens (including phenoxy) is 1. The first-order chi connectivity index (χ1) is 12.0. The summed E-state index contributed by atoms with van der Waals surface area (Å²) in [6.07, 6.45) is -0.256. The SMILES string of the molecule is CCN(C(=O)CC(=O)Nc1cc(C)c(Cl)cc1OC)c1ccccc1. The highest BCUT2D eigenvalue weighted by Crippen LogP contribution is 2.31. The number of para-hydroxylation sites is 1. The summed E-state index contributed by atoms with van der Waals surface area (Å²) in [4.78, 5) is 26.3. The third kappa shape index (κ3) is 4.73. The molecule has 2 amide bonds. The summed E-state index contributed by atoms with van der Waals surface area (Å²) in [5, 5.41) is 3.27. The Morgan fingerprint density at radius 3 is 2.48 bits per heavy atom. The number of halogens is 1. The number of nitrogens with zero attached hydrogens (tertiary/aromatic N) is 1. The predicted molar refractivity (Wildman–Crippen MR) is 100 cm³/mol. The molecule has 5 nitrogen and oxygen atoms in total. The molecule has 2 aromatic carbocycles. The second-order valence-electron chi connectivity index (χ2n) is 5.50. The molecule has 0 saturated heterocycles. The van der Waals surface area contributed by atoms with Crippen LogP contribution in [0.4, 0.5) is 11.4 Å². The summed E-state index contributed by atoms with van der Waals surface area (Å²) in [6.45, 7) is 4.19. The van der Waals surface area contributed by atoms with Crippen molar-refractivity contribution in [1.29, 1.82) is 0 Å². The van der Waals surface area contributed by atoms with Crippen LogP contribution in [-0.2, 0) is 9.59 Å². The van der Waals surface area contributed by atoms with E-state index in [2.05, 4.69) is 5.32 Å². The zero-order valence-electron chi connectivity index (χ0n) is 14.5. The van der Waals surface area contributed by atoms with Crippen LogP contribution in [0, 0.1) is 6.92 Å². The molecule has 0 spiro atoms. The van der Waals surface area contributed by atoms with Crippen LogP contribution in [0.25, 0.3) is 0 Å². The molecule has 0 aliphatic heterocycles. The molecule has 25 heavy (non-hydrogen) atoms. The normalized spacial score (nSPS) is 10.2. The van der Waals surface area contributed by atoms with Gasteiger partial charge >= 0.3 is 0 Å². The number of benzene rings is 2. The van der Waals surface area contributed by atoms with Crippen LogP contribution in [0.2, 0.25) is 5.02 Å². The molecule has 132 valence electrons. The third-order valence-electron chi connectivity index (χ3n) is 3.75. The van der Waals surface area contributed by atoms with Crippen molar-refractivity contribution in [2.45, 2.75) is 20.3 Å². The van der Waals surface area contributed by atoms with Crippen LogP contribution in [-0.4, -0.2) is 25.5 Å². The fraction of sp³-hybridized carbons (Fsp3) is 0.263.